The van der Waals surface area contributed by atoms with Gasteiger partial charge in [0.2, 0.25) is 5.60 Å². The Morgan fingerprint density at radius 1 is 1.07 bits per heavy atom. The highest BCUT2D eigenvalue weighted by Crippen LogP contribution is 2.35. The number of carbonyl (C=O) groups is 2. The van der Waals surface area contributed by atoms with Crippen LogP contribution in [0.1, 0.15) is 60.5 Å². The molecule has 1 aromatic carbocycles. The van der Waals surface area contributed by atoms with Gasteiger partial charge in [0.15, 0.2) is 0 Å². The molecule has 0 aromatic heterocycles. The molecule has 0 aliphatic carbocycles. The second-order valence-electron chi connectivity index (χ2n) is 9.21. The van der Waals surface area contributed by atoms with E-state index in [1.54, 1.807) is 53.7 Å². The van der Waals surface area contributed by atoms with Crippen molar-refractivity contribution >= 4 is 23.7 Å². The third kappa shape index (κ3) is 6.51. The van der Waals surface area contributed by atoms with E-state index in [2.05, 4.69) is 5.48 Å². The zero-order chi connectivity index (χ0) is 22.0. The normalized spacial score (nSPS) is 18.7. The molecule has 1 N–H and O–H groups in total. The third-order valence-electron chi connectivity index (χ3n) is 4.13. The number of ether oxygens (including phenoxy) is 3. The van der Waals surface area contributed by atoms with Crippen LogP contribution < -0.4 is 10.2 Å². The lowest BCUT2D eigenvalue weighted by Crippen LogP contribution is -2.58. The van der Waals surface area contributed by atoms with Crippen LogP contribution in [0.3, 0.4) is 0 Å². The zero-order valence-electron chi connectivity index (χ0n) is 18.1. The molecule has 0 saturated heterocycles. The first-order valence-electron chi connectivity index (χ1n) is 9.55. The van der Waals surface area contributed by atoms with Crippen molar-refractivity contribution in [2.24, 2.45) is 0 Å². The van der Waals surface area contributed by atoms with Gasteiger partial charge in [-0.15, -0.1) is 0 Å². The van der Waals surface area contributed by atoms with E-state index in [4.69, 9.17) is 30.6 Å². The minimum Gasteiger partial charge on any atom is -0.486 e. The van der Waals surface area contributed by atoms with Gasteiger partial charge in [-0.3, -0.25) is 0 Å². The summed E-state index contributed by atoms with van der Waals surface area (Å²) in [6.07, 6.45) is -0.398. The van der Waals surface area contributed by atoms with E-state index < -0.39 is 35.0 Å². The van der Waals surface area contributed by atoms with Crippen LogP contribution in [-0.4, -0.2) is 35.0 Å². The van der Waals surface area contributed by atoms with Gasteiger partial charge in [-0.25, -0.2) is 14.4 Å². The van der Waals surface area contributed by atoms with E-state index in [0.29, 0.717) is 23.6 Å². The first-order valence-corrected chi connectivity index (χ1v) is 9.93. The summed E-state index contributed by atoms with van der Waals surface area (Å²) in [4.78, 5) is 30.6. The number of hydrogen-bond donors (Lipinski definition) is 1. The Morgan fingerprint density at radius 2 is 1.69 bits per heavy atom. The van der Waals surface area contributed by atoms with E-state index in [-0.39, 0.29) is 0 Å². The van der Waals surface area contributed by atoms with Crippen LogP contribution in [0.25, 0.3) is 0 Å². The molecule has 162 valence electrons. The lowest BCUT2D eigenvalue weighted by molar-refractivity contribution is -0.205. The highest BCUT2D eigenvalue weighted by Gasteiger charge is 2.50. The van der Waals surface area contributed by atoms with Crippen LogP contribution in [0.2, 0.25) is 5.02 Å². The van der Waals surface area contributed by atoms with Crippen LogP contribution in [0.15, 0.2) is 18.2 Å². The summed E-state index contributed by atoms with van der Waals surface area (Å²) in [6.45, 7) is 12.0. The van der Waals surface area contributed by atoms with Crippen molar-refractivity contribution in [3.05, 3.63) is 28.8 Å². The van der Waals surface area contributed by atoms with Crippen molar-refractivity contribution < 1.29 is 28.6 Å². The summed E-state index contributed by atoms with van der Waals surface area (Å²) in [5, 5.41) is 0.614. The molecule has 8 heteroatoms. The molecule has 1 aliphatic rings. The SMILES string of the molecule is CC(C)(C)OC(=O)NO[C@](C)(C(=O)OC(C)(C)C)[C@H]1CCc2cc(Cl)ccc2O1. The molecule has 0 radical (unpaired) electrons. The number of halogens is 1. The van der Waals surface area contributed by atoms with Gasteiger partial charge in [-0.1, -0.05) is 11.6 Å². The number of esters is 1. The summed E-state index contributed by atoms with van der Waals surface area (Å²) in [5.41, 5.74) is 0.108. The van der Waals surface area contributed by atoms with Gasteiger partial charge in [0, 0.05) is 5.02 Å². The summed E-state index contributed by atoms with van der Waals surface area (Å²) < 4.78 is 16.8. The highest BCUT2D eigenvalue weighted by molar-refractivity contribution is 6.30. The Morgan fingerprint density at radius 3 is 2.28 bits per heavy atom. The van der Waals surface area contributed by atoms with E-state index in [1.165, 1.54) is 6.92 Å². The van der Waals surface area contributed by atoms with E-state index in [9.17, 15) is 9.59 Å². The van der Waals surface area contributed by atoms with Gasteiger partial charge in [0.25, 0.3) is 0 Å². The Bertz CT molecular complexity index is 767. The van der Waals surface area contributed by atoms with E-state index in [0.717, 1.165) is 5.56 Å². The fourth-order valence-corrected chi connectivity index (χ4v) is 3.00. The fraction of sp³-hybridized carbons (Fsp3) is 0.619. The number of hydroxylamine groups is 1. The van der Waals surface area contributed by atoms with Crippen LogP contribution in [-0.2, 0) is 25.5 Å². The summed E-state index contributed by atoms with van der Waals surface area (Å²) in [5.74, 6) is -0.0372. The molecule has 0 saturated carbocycles. The van der Waals surface area contributed by atoms with Crippen LogP contribution >= 0.6 is 11.6 Å². The highest BCUT2D eigenvalue weighted by atomic mass is 35.5. The van der Waals surface area contributed by atoms with Crippen LogP contribution in [0.4, 0.5) is 4.79 Å². The lowest BCUT2D eigenvalue weighted by atomic mass is 9.90. The van der Waals surface area contributed by atoms with Crippen molar-refractivity contribution in [1.82, 2.24) is 5.48 Å². The van der Waals surface area contributed by atoms with Gasteiger partial charge in [0.1, 0.15) is 23.1 Å². The largest absolute Gasteiger partial charge is 0.486 e. The van der Waals surface area contributed by atoms with Crippen molar-refractivity contribution in [3.63, 3.8) is 0 Å². The van der Waals surface area contributed by atoms with Gasteiger partial charge in [0.05, 0.1) is 0 Å². The molecule has 1 aliphatic heterocycles. The molecule has 2 atom stereocenters. The number of nitrogens with one attached hydrogen (secondary N) is 1. The molecular weight excluding hydrogens is 398 g/mol. The molecule has 0 bridgehead atoms. The first-order chi connectivity index (χ1) is 13.2. The van der Waals surface area contributed by atoms with Crippen molar-refractivity contribution in [3.8, 4) is 5.75 Å². The van der Waals surface area contributed by atoms with Crippen molar-refractivity contribution in [2.45, 2.75) is 84.2 Å². The number of hydrogen-bond acceptors (Lipinski definition) is 6. The first kappa shape index (κ1) is 23.3. The standard InChI is InChI=1S/C21H30ClNO6/c1-19(2,3)27-17(24)21(7,29-23-18(25)28-20(4,5)6)16-11-8-13-12-14(22)9-10-15(13)26-16/h9-10,12,16H,8,11H2,1-7H3,(H,23,25)/t16-,21+/m1/s1. The number of amides is 1. The smallest absolute Gasteiger partial charge is 0.431 e. The summed E-state index contributed by atoms with van der Waals surface area (Å²) >= 11 is 6.05. The zero-order valence-corrected chi connectivity index (χ0v) is 18.8. The number of fused-ring (bicyclic) bond motifs is 1. The molecule has 7 nitrogen and oxygen atoms in total. The van der Waals surface area contributed by atoms with Crippen LogP contribution in [0, 0.1) is 0 Å². The summed E-state index contributed by atoms with van der Waals surface area (Å²) in [7, 11) is 0. The molecule has 2 rings (SSSR count). The predicted octanol–water partition coefficient (Wildman–Crippen LogP) is 4.59. The molecule has 29 heavy (non-hydrogen) atoms. The summed E-state index contributed by atoms with van der Waals surface area (Å²) in [6, 6.07) is 5.30. The average molecular weight is 428 g/mol. The predicted molar refractivity (Wildman–Crippen MR) is 109 cm³/mol. The maximum Gasteiger partial charge on any atom is 0.431 e. The van der Waals surface area contributed by atoms with Crippen molar-refractivity contribution in [2.75, 3.05) is 0 Å². The van der Waals surface area contributed by atoms with Gasteiger partial charge < -0.3 is 14.2 Å². The van der Waals surface area contributed by atoms with E-state index >= 15 is 0 Å². The Labute approximate surface area is 176 Å². The maximum atomic E-state index is 13.0. The number of benzene rings is 1. The quantitative estimate of drug-likeness (QED) is 0.559. The number of aryl methyl sites for hydroxylation is 1. The number of rotatable bonds is 4. The molecular formula is C21H30ClNO6. The second-order valence-corrected chi connectivity index (χ2v) is 9.65. The van der Waals surface area contributed by atoms with Gasteiger partial charge in [-0.2, -0.15) is 5.48 Å². The average Bonchev–Trinajstić information content (AvgIpc) is 2.56. The Balaban J connectivity index is 2.23. The molecule has 1 aromatic rings. The molecule has 0 unspecified atom stereocenters. The minimum atomic E-state index is -1.60. The minimum absolute atomic E-state index is 0.471. The van der Waals surface area contributed by atoms with E-state index in [1.807, 2.05) is 6.07 Å². The van der Waals surface area contributed by atoms with Gasteiger partial charge >= 0.3 is 12.1 Å². The fourth-order valence-electron chi connectivity index (χ4n) is 2.81. The Hall–Kier alpha value is -1.99. The lowest BCUT2D eigenvalue weighted by Gasteiger charge is -2.38. The molecule has 1 amide bonds. The third-order valence-corrected chi connectivity index (χ3v) is 4.37. The molecule has 0 fully saturated rings. The number of carbonyl (C=O) groups excluding carboxylic acids is 2. The Kier molecular flexibility index (Phi) is 6.75. The molecule has 1 heterocycles. The molecule has 0 spiro atoms. The second kappa shape index (κ2) is 8.40. The van der Waals surface area contributed by atoms with Crippen molar-refractivity contribution in [1.29, 1.82) is 0 Å². The topological polar surface area (TPSA) is 83.1 Å². The van der Waals surface area contributed by atoms with Gasteiger partial charge in [-0.05, 0) is 85.1 Å². The maximum absolute atomic E-state index is 13.0. The monoisotopic (exact) mass is 427 g/mol. The van der Waals surface area contributed by atoms with Crippen LogP contribution in [0.5, 0.6) is 5.75 Å².